The summed E-state index contributed by atoms with van der Waals surface area (Å²) in [7, 11) is 0. The highest BCUT2D eigenvalue weighted by Crippen LogP contribution is 2.26. The predicted octanol–water partition coefficient (Wildman–Crippen LogP) is 5.92. The van der Waals surface area contributed by atoms with Crippen molar-refractivity contribution in [1.29, 1.82) is 0 Å². The Kier molecular flexibility index (Phi) is 11.5. The van der Waals surface area contributed by atoms with Crippen LogP contribution in [0.3, 0.4) is 0 Å². The molecule has 1 aromatic carbocycles. The Labute approximate surface area is 190 Å². The number of carbonyl (C=O) groups excluding carboxylic acids is 1. The van der Waals surface area contributed by atoms with Crippen LogP contribution in [0.25, 0.3) is 0 Å². The van der Waals surface area contributed by atoms with E-state index in [1.807, 2.05) is 63.8 Å². The summed E-state index contributed by atoms with van der Waals surface area (Å²) in [5, 5.41) is 0. The second-order valence-corrected chi connectivity index (χ2v) is 9.02. The van der Waals surface area contributed by atoms with Gasteiger partial charge < -0.3 is 18.2 Å². The van der Waals surface area contributed by atoms with Crippen LogP contribution in [0.2, 0.25) is 0 Å². The van der Waals surface area contributed by atoms with Gasteiger partial charge in [-0.25, -0.2) is 4.98 Å². The third-order valence-electron chi connectivity index (χ3n) is 4.97. The molecule has 0 spiro atoms. The Morgan fingerprint density at radius 3 is 2.55 bits per heavy atom. The van der Waals surface area contributed by atoms with Crippen LogP contribution in [0.4, 0.5) is 0 Å². The summed E-state index contributed by atoms with van der Waals surface area (Å²) >= 11 is 1.41. The molecule has 0 atom stereocenters. The van der Waals surface area contributed by atoms with Gasteiger partial charge in [0.1, 0.15) is 5.75 Å². The minimum absolute atomic E-state index is 0.124. The van der Waals surface area contributed by atoms with E-state index in [2.05, 4.69) is 9.55 Å². The second-order valence-electron chi connectivity index (χ2n) is 8.15. The molecule has 2 aromatic rings. The zero-order valence-corrected chi connectivity index (χ0v) is 19.9. The largest absolute Gasteiger partial charge is 0.494 e. The molecule has 0 aliphatic carbocycles. The van der Waals surface area contributed by atoms with Gasteiger partial charge >= 0.3 is 5.97 Å². The minimum Gasteiger partial charge on any atom is -0.494 e. The van der Waals surface area contributed by atoms with Crippen LogP contribution in [0, 0.1) is 5.41 Å². The number of ether oxygens (including phenoxy) is 2. The molecule has 0 unspecified atom stereocenters. The fourth-order valence-electron chi connectivity index (χ4n) is 3.04. The Morgan fingerprint density at radius 1 is 1.06 bits per heavy atom. The average Bonchev–Trinajstić information content (AvgIpc) is 3.27. The molecule has 6 nitrogen and oxygen atoms in total. The Hall–Kier alpha value is -1.99. The maximum absolute atomic E-state index is 11.9. The predicted molar refractivity (Wildman–Crippen MR) is 124 cm³/mol. The molecule has 2 rings (SSSR count). The molecular weight excluding hydrogens is 412 g/mol. The van der Waals surface area contributed by atoms with Gasteiger partial charge in [-0.2, -0.15) is 0 Å². The Balaban J connectivity index is 1.51. The van der Waals surface area contributed by atoms with Gasteiger partial charge in [0, 0.05) is 35.9 Å². The first-order chi connectivity index (χ1) is 15.0. The second kappa shape index (κ2) is 14.1. The van der Waals surface area contributed by atoms with Gasteiger partial charge in [0.05, 0.1) is 31.6 Å². The van der Waals surface area contributed by atoms with E-state index >= 15 is 0 Å². The van der Waals surface area contributed by atoms with Crippen molar-refractivity contribution in [3.63, 3.8) is 0 Å². The number of imidazole rings is 1. The molecule has 7 heteroatoms. The van der Waals surface area contributed by atoms with Gasteiger partial charge in [-0.3, -0.25) is 4.79 Å². The van der Waals surface area contributed by atoms with Crippen molar-refractivity contribution in [3.05, 3.63) is 43.0 Å². The van der Waals surface area contributed by atoms with E-state index in [0.717, 1.165) is 62.3 Å². The SMILES string of the molecule is CCOC(=O)C(C)(C)CCCCOc1ccc(SOCCCCCn2ccnc2)cc1. The van der Waals surface area contributed by atoms with E-state index in [9.17, 15) is 4.79 Å². The number of aryl methyl sites for hydroxylation is 1. The smallest absolute Gasteiger partial charge is 0.311 e. The van der Waals surface area contributed by atoms with E-state index in [4.69, 9.17) is 13.7 Å². The topological polar surface area (TPSA) is 62.6 Å². The number of hydrogen-bond donors (Lipinski definition) is 0. The summed E-state index contributed by atoms with van der Waals surface area (Å²) in [6.45, 7) is 8.53. The standard InChI is InChI=1S/C24H36N2O4S/c1-4-28-23(27)24(2,3)14-6-9-18-29-21-10-12-22(13-11-21)31-30-19-8-5-7-16-26-17-15-25-20-26/h10-13,15,17,20H,4-9,14,16,18-19H2,1-3H3. The number of esters is 1. The van der Waals surface area contributed by atoms with Crippen LogP contribution in [0.15, 0.2) is 47.9 Å². The highest BCUT2D eigenvalue weighted by Gasteiger charge is 2.28. The third kappa shape index (κ3) is 10.2. The first-order valence-corrected chi connectivity index (χ1v) is 11.9. The van der Waals surface area contributed by atoms with Crippen LogP contribution in [0.5, 0.6) is 5.75 Å². The fourth-order valence-corrected chi connectivity index (χ4v) is 3.62. The summed E-state index contributed by atoms with van der Waals surface area (Å²) in [5.41, 5.74) is -0.436. The molecule has 0 saturated carbocycles. The summed E-state index contributed by atoms with van der Waals surface area (Å²) in [6.07, 6.45) is 11.6. The normalized spacial score (nSPS) is 11.5. The van der Waals surface area contributed by atoms with Gasteiger partial charge in [-0.15, -0.1) is 0 Å². The molecule has 0 amide bonds. The molecule has 0 aliphatic heterocycles. The zero-order valence-electron chi connectivity index (χ0n) is 19.0. The highest BCUT2D eigenvalue weighted by molar-refractivity contribution is 7.94. The molecular formula is C24H36N2O4S. The van der Waals surface area contributed by atoms with Crippen LogP contribution in [-0.4, -0.2) is 35.3 Å². The third-order valence-corrected chi connectivity index (χ3v) is 5.72. The first kappa shape index (κ1) is 25.3. The quantitative estimate of drug-likeness (QED) is 0.181. The van der Waals surface area contributed by atoms with Crippen LogP contribution >= 0.6 is 12.0 Å². The number of aromatic nitrogens is 2. The lowest BCUT2D eigenvalue weighted by molar-refractivity contribution is -0.153. The van der Waals surface area contributed by atoms with E-state index in [1.54, 1.807) is 0 Å². The van der Waals surface area contributed by atoms with Crippen molar-refractivity contribution < 1.29 is 18.5 Å². The van der Waals surface area contributed by atoms with Crippen molar-refractivity contribution in [2.75, 3.05) is 19.8 Å². The van der Waals surface area contributed by atoms with E-state index in [-0.39, 0.29) is 5.97 Å². The van der Waals surface area contributed by atoms with E-state index in [0.29, 0.717) is 13.2 Å². The molecule has 172 valence electrons. The zero-order chi connectivity index (χ0) is 22.4. The molecule has 1 heterocycles. The minimum atomic E-state index is -0.436. The lowest BCUT2D eigenvalue weighted by Gasteiger charge is -2.21. The number of unbranched alkanes of at least 4 members (excludes halogenated alkanes) is 3. The Morgan fingerprint density at radius 2 is 1.84 bits per heavy atom. The van der Waals surface area contributed by atoms with Crippen molar-refractivity contribution in [2.45, 2.75) is 70.7 Å². The molecule has 31 heavy (non-hydrogen) atoms. The molecule has 1 aromatic heterocycles. The lowest BCUT2D eigenvalue weighted by atomic mass is 9.87. The van der Waals surface area contributed by atoms with Crippen LogP contribution in [0.1, 0.15) is 59.3 Å². The molecule has 0 fully saturated rings. The maximum Gasteiger partial charge on any atom is 0.311 e. The summed E-state index contributed by atoms with van der Waals surface area (Å²) in [6, 6.07) is 7.98. The molecule has 0 aliphatic rings. The number of carbonyl (C=O) groups is 1. The van der Waals surface area contributed by atoms with Crippen molar-refractivity contribution in [1.82, 2.24) is 9.55 Å². The van der Waals surface area contributed by atoms with Gasteiger partial charge in [0.2, 0.25) is 0 Å². The van der Waals surface area contributed by atoms with Gasteiger partial charge in [0.15, 0.2) is 0 Å². The summed E-state index contributed by atoms with van der Waals surface area (Å²) < 4.78 is 18.7. The number of benzene rings is 1. The fraction of sp³-hybridized carbons (Fsp3) is 0.583. The molecule has 0 N–H and O–H groups in total. The van der Waals surface area contributed by atoms with E-state index < -0.39 is 5.41 Å². The van der Waals surface area contributed by atoms with Crippen molar-refractivity contribution in [2.24, 2.45) is 5.41 Å². The molecule has 0 radical (unpaired) electrons. The summed E-state index contributed by atoms with van der Waals surface area (Å²) in [5.74, 6) is 0.731. The number of nitrogens with zero attached hydrogens (tertiary/aromatic N) is 2. The van der Waals surface area contributed by atoms with Crippen LogP contribution in [-0.2, 0) is 20.3 Å². The number of rotatable bonds is 16. The monoisotopic (exact) mass is 448 g/mol. The Bertz CT molecular complexity index is 733. The lowest BCUT2D eigenvalue weighted by Crippen LogP contribution is -2.26. The molecule has 0 saturated heterocycles. The van der Waals surface area contributed by atoms with Crippen LogP contribution < -0.4 is 4.74 Å². The van der Waals surface area contributed by atoms with Crippen molar-refractivity contribution >= 4 is 18.0 Å². The van der Waals surface area contributed by atoms with Crippen molar-refractivity contribution in [3.8, 4) is 5.75 Å². The number of hydrogen-bond acceptors (Lipinski definition) is 6. The van der Waals surface area contributed by atoms with Gasteiger partial charge in [0.25, 0.3) is 0 Å². The maximum atomic E-state index is 11.9. The van der Waals surface area contributed by atoms with Gasteiger partial charge in [-0.1, -0.05) is 0 Å². The molecule has 0 bridgehead atoms. The average molecular weight is 449 g/mol. The van der Waals surface area contributed by atoms with E-state index in [1.165, 1.54) is 12.0 Å². The first-order valence-electron chi connectivity index (χ1n) is 11.2. The van der Waals surface area contributed by atoms with Gasteiger partial charge in [-0.05, 0) is 83.6 Å². The summed E-state index contributed by atoms with van der Waals surface area (Å²) in [4.78, 5) is 17.0. The highest BCUT2D eigenvalue weighted by atomic mass is 32.2.